The number of hydrogen-bond donors (Lipinski definition) is 1. The number of likely N-dealkylation sites (tertiary alicyclic amines) is 1. The monoisotopic (exact) mass is 404 g/mol. The fourth-order valence-corrected chi connectivity index (χ4v) is 4.94. The van der Waals surface area contributed by atoms with Gasteiger partial charge in [0.05, 0.1) is 12.6 Å². The van der Waals surface area contributed by atoms with Crippen LogP contribution in [-0.2, 0) is 6.54 Å². The number of aliphatic hydroxyl groups is 1. The topological polar surface area (TPSA) is 28.4 Å². The number of piperidine rings is 1. The van der Waals surface area contributed by atoms with Crippen LogP contribution in [0.25, 0.3) is 21.8 Å². The van der Waals surface area contributed by atoms with Crippen LogP contribution in [0.15, 0.2) is 36.4 Å². The van der Waals surface area contributed by atoms with E-state index in [1.165, 1.54) is 19.3 Å². The first-order valence-electron chi connectivity index (χ1n) is 9.75. The molecule has 0 unspecified atom stereocenters. The molecule has 0 aliphatic carbocycles. The molecule has 4 rings (SSSR count). The number of fused-ring (bicyclic) bond motifs is 3. The molecule has 2 aromatic carbocycles. The minimum Gasteiger partial charge on any atom is -0.390 e. The molecular formula is C22H26Cl2N2O. The summed E-state index contributed by atoms with van der Waals surface area (Å²) in [5.41, 5.74) is 2.16. The van der Waals surface area contributed by atoms with Crippen LogP contribution in [0.5, 0.6) is 0 Å². The van der Waals surface area contributed by atoms with Crippen molar-refractivity contribution in [3.63, 3.8) is 0 Å². The molecule has 3 atom stereocenters. The Kier molecular flexibility index (Phi) is 5.39. The van der Waals surface area contributed by atoms with Crippen molar-refractivity contribution in [1.82, 2.24) is 9.47 Å². The Morgan fingerprint density at radius 2 is 1.44 bits per heavy atom. The van der Waals surface area contributed by atoms with E-state index in [2.05, 4.69) is 23.3 Å². The predicted molar refractivity (Wildman–Crippen MR) is 115 cm³/mol. The highest BCUT2D eigenvalue weighted by atomic mass is 35.5. The van der Waals surface area contributed by atoms with Gasteiger partial charge in [-0.25, -0.2) is 0 Å². The number of benzene rings is 2. The van der Waals surface area contributed by atoms with E-state index in [0.717, 1.165) is 21.8 Å². The summed E-state index contributed by atoms with van der Waals surface area (Å²) in [5, 5.41) is 14.5. The third kappa shape index (κ3) is 3.71. The second-order valence-corrected chi connectivity index (χ2v) is 8.79. The van der Waals surface area contributed by atoms with Crippen LogP contribution >= 0.6 is 23.2 Å². The maximum absolute atomic E-state index is 10.9. The Balaban J connectivity index is 1.68. The lowest BCUT2D eigenvalue weighted by molar-refractivity contribution is 0.0357. The zero-order valence-corrected chi connectivity index (χ0v) is 17.3. The van der Waals surface area contributed by atoms with Gasteiger partial charge in [-0.3, -0.25) is 4.90 Å². The predicted octanol–water partition coefficient (Wildman–Crippen LogP) is 5.73. The van der Waals surface area contributed by atoms with Crippen LogP contribution in [0.4, 0.5) is 0 Å². The number of aromatic nitrogens is 1. The van der Waals surface area contributed by atoms with Crippen LogP contribution in [0.1, 0.15) is 33.1 Å². The van der Waals surface area contributed by atoms with E-state index < -0.39 is 6.10 Å². The van der Waals surface area contributed by atoms with Crippen LogP contribution in [-0.4, -0.2) is 39.3 Å². The van der Waals surface area contributed by atoms with Gasteiger partial charge in [-0.05, 0) is 63.1 Å². The summed E-state index contributed by atoms with van der Waals surface area (Å²) < 4.78 is 2.20. The van der Waals surface area contributed by atoms with Gasteiger partial charge in [0.1, 0.15) is 0 Å². The fourth-order valence-electron chi connectivity index (χ4n) is 4.59. The molecule has 3 aromatic rings. The van der Waals surface area contributed by atoms with Gasteiger partial charge in [-0.2, -0.15) is 0 Å². The van der Waals surface area contributed by atoms with Gasteiger partial charge in [0.2, 0.25) is 0 Å². The van der Waals surface area contributed by atoms with Gasteiger partial charge in [0.15, 0.2) is 0 Å². The normalized spacial score (nSPS) is 22.6. The van der Waals surface area contributed by atoms with Gasteiger partial charge in [-0.1, -0.05) is 29.6 Å². The Morgan fingerprint density at radius 3 is 1.96 bits per heavy atom. The molecule has 27 heavy (non-hydrogen) atoms. The SMILES string of the molecule is C[C@@H]1CCC[C@@H](C)N1C[C@@H](O)Cn1c2ccc(Cl)cc2c2cc(Cl)ccc21. The molecule has 3 nitrogen and oxygen atoms in total. The van der Waals surface area contributed by atoms with Gasteiger partial charge < -0.3 is 9.67 Å². The van der Waals surface area contributed by atoms with Crippen molar-refractivity contribution in [3.05, 3.63) is 46.4 Å². The Hall–Kier alpha value is -1.26. The molecule has 0 spiro atoms. The lowest BCUT2D eigenvalue weighted by Crippen LogP contribution is -2.48. The molecule has 1 aliphatic rings. The second kappa shape index (κ2) is 7.63. The molecule has 1 saturated heterocycles. The highest BCUT2D eigenvalue weighted by molar-refractivity contribution is 6.33. The summed E-state index contributed by atoms with van der Waals surface area (Å²) in [4.78, 5) is 2.45. The second-order valence-electron chi connectivity index (χ2n) is 7.91. The molecule has 0 amide bonds. The van der Waals surface area contributed by atoms with E-state index in [-0.39, 0.29) is 0 Å². The zero-order valence-electron chi connectivity index (χ0n) is 15.8. The first-order chi connectivity index (χ1) is 12.9. The van der Waals surface area contributed by atoms with Gasteiger partial charge in [-0.15, -0.1) is 0 Å². The third-order valence-electron chi connectivity index (χ3n) is 5.98. The number of hydrogen-bond acceptors (Lipinski definition) is 2. The summed E-state index contributed by atoms with van der Waals surface area (Å²) in [6.45, 7) is 5.80. The van der Waals surface area contributed by atoms with E-state index in [1.54, 1.807) is 0 Å². The summed E-state index contributed by atoms with van der Waals surface area (Å²) in [5.74, 6) is 0. The van der Waals surface area contributed by atoms with Crippen LogP contribution in [0.2, 0.25) is 10.0 Å². The first kappa shape index (κ1) is 19.1. The van der Waals surface area contributed by atoms with E-state index in [9.17, 15) is 5.11 Å². The average Bonchev–Trinajstić information content (AvgIpc) is 2.91. The Bertz CT molecular complexity index is 899. The number of rotatable bonds is 4. The van der Waals surface area contributed by atoms with E-state index in [1.807, 2.05) is 36.4 Å². The van der Waals surface area contributed by atoms with Gasteiger partial charge in [0, 0.05) is 50.5 Å². The average molecular weight is 405 g/mol. The minimum absolute atomic E-state index is 0.432. The molecule has 1 aliphatic heterocycles. The van der Waals surface area contributed by atoms with Crippen molar-refractivity contribution in [2.24, 2.45) is 0 Å². The highest BCUT2D eigenvalue weighted by Gasteiger charge is 2.27. The van der Waals surface area contributed by atoms with Crippen LogP contribution < -0.4 is 0 Å². The van der Waals surface area contributed by atoms with E-state index in [4.69, 9.17) is 23.2 Å². The summed E-state index contributed by atoms with van der Waals surface area (Å²) in [6, 6.07) is 12.9. The molecule has 2 heterocycles. The molecule has 144 valence electrons. The van der Waals surface area contributed by atoms with Crippen molar-refractivity contribution in [1.29, 1.82) is 0 Å². The van der Waals surface area contributed by atoms with Crippen molar-refractivity contribution in [3.8, 4) is 0 Å². The zero-order chi connectivity index (χ0) is 19.1. The summed E-state index contributed by atoms with van der Waals surface area (Å²) in [7, 11) is 0. The van der Waals surface area contributed by atoms with Crippen molar-refractivity contribution in [2.75, 3.05) is 6.54 Å². The summed E-state index contributed by atoms with van der Waals surface area (Å²) in [6.07, 6.45) is 3.27. The lowest BCUT2D eigenvalue weighted by atomic mass is 9.97. The number of halogens is 2. The minimum atomic E-state index is -0.432. The van der Waals surface area contributed by atoms with Crippen molar-refractivity contribution < 1.29 is 5.11 Å². The van der Waals surface area contributed by atoms with Gasteiger partial charge in [0.25, 0.3) is 0 Å². The maximum atomic E-state index is 10.9. The maximum Gasteiger partial charge on any atom is 0.0846 e. The molecule has 1 fully saturated rings. The van der Waals surface area contributed by atoms with E-state index >= 15 is 0 Å². The third-order valence-corrected chi connectivity index (χ3v) is 6.45. The molecule has 0 bridgehead atoms. The Labute approximate surface area is 170 Å². The quantitative estimate of drug-likeness (QED) is 0.601. The number of nitrogens with zero attached hydrogens (tertiary/aromatic N) is 2. The lowest BCUT2D eigenvalue weighted by Gasteiger charge is -2.40. The fraction of sp³-hybridized carbons (Fsp3) is 0.455. The highest BCUT2D eigenvalue weighted by Crippen LogP contribution is 2.33. The van der Waals surface area contributed by atoms with Crippen LogP contribution in [0, 0.1) is 0 Å². The van der Waals surface area contributed by atoms with Gasteiger partial charge >= 0.3 is 0 Å². The molecular weight excluding hydrogens is 379 g/mol. The molecule has 1 aromatic heterocycles. The van der Waals surface area contributed by atoms with Crippen LogP contribution in [0.3, 0.4) is 0 Å². The molecule has 5 heteroatoms. The number of β-amino-alcohol motifs (C(OH)–C–C–N with tert-alkyl or cyclic N) is 1. The largest absolute Gasteiger partial charge is 0.390 e. The molecule has 0 radical (unpaired) electrons. The smallest absolute Gasteiger partial charge is 0.0846 e. The summed E-state index contributed by atoms with van der Waals surface area (Å²) >= 11 is 12.5. The first-order valence-corrected chi connectivity index (χ1v) is 10.5. The standard InChI is InChI=1S/C22H26Cl2N2O/c1-14-4-3-5-15(2)25(14)12-18(27)13-26-21-8-6-16(23)10-19(21)20-11-17(24)7-9-22(20)26/h6-11,14-15,18,27H,3-5,12-13H2,1-2H3/t14-,15-,18-/m1/s1. The number of aliphatic hydroxyl groups excluding tert-OH is 1. The van der Waals surface area contributed by atoms with Crippen molar-refractivity contribution in [2.45, 2.75) is 57.8 Å². The molecule has 1 N–H and O–H groups in total. The Morgan fingerprint density at radius 1 is 0.926 bits per heavy atom. The van der Waals surface area contributed by atoms with Crippen molar-refractivity contribution >= 4 is 45.0 Å². The van der Waals surface area contributed by atoms with E-state index in [0.29, 0.717) is 35.2 Å². The molecule has 0 saturated carbocycles.